The van der Waals surface area contributed by atoms with Gasteiger partial charge in [0.05, 0.1) is 24.2 Å². The molecule has 7 heteroatoms. The fraction of sp³-hybridized carbons (Fsp3) is 0.476. The number of amides is 1. The lowest BCUT2D eigenvalue weighted by molar-refractivity contribution is -0.149. The molecule has 1 fully saturated rings. The van der Waals surface area contributed by atoms with Gasteiger partial charge in [-0.3, -0.25) is 14.6 Å². The minimum absolute atomic E-state index is 0.0712. The number of nitrogens with zero attached hydrogens (tertiary/aromatic N) is 2. The molecular weight excluding hydrogens is 358 g/mol. The first-order chi connectivity index (χ1) is 13.3. The first-order valence-corrected chi connectivity index (χ1v) is 9.46. The highest BCUT2D eigenvalue weighted by Crippen LogP contribution is 2.29. The van der Waals surface area contributed by atoms with Gasteiger partial charge < -0.3 is 20.1 Å². The Labute approximate surface area is 166 Å². The number of likely N-dealkylation sites (tertiary alicyclic amines) is 1. The zero-order valence-electron chi connectivity index (χ0n) is 16.8. The molecule has 0 unspecified atom stereocenters. The molecule has 1 aliphatic heterocycles. The fourth-order valence-electron chi connectivity index (χ4n) is 2.99. The maximum atomic E-state index is 12.9. The smallest absolute Gasteiger partial charge is 0.291 e. The van der Waals surface area contributed by atoms with Crippen molar-refractivity contribution in [2.45, 2.75) is 46.1 Å². The van der Waals surface area contributed by atoms with E-state index in [-0.39, 0.29) is 6.61 Å². The molecule has 1 aliphatic rings. The summed E-state index contributed by atoms with van der Waals surface area (Å²) >= 11 is 0. The van der Waals surface area contributed by atoms with E-state index in [0.717, 1.165) is 6.42 Å². The van der Waals surface area contributed by atoms with Gasteiger partial charge in [0, 0.05) is 18.2 Å². The minimum atomic E-state index is -0.706. The van der Waals surface area contributed by atoms with E-state index >= 15 is 0 Å². The number of nitrogens with two attached hydrogens (primary N) is 1. The number of aromatic nitrogens is 1. The Hall–Kier alpha value is -2.83. The molecule has 7 nitrogen and oxygen atoms in total. The van der Waals surface area contributed by atoms with Crippen molar-refractivity contribution in [3.63, 3.8) is 0 Å². The number of Topliss-reactive ketones (excluding diaryl/α,β-unsaturated/α-hetero) is 1. The number of ether oxygens (including phenoxy) is 2. The third kappa shape index (κ3) is 4.91. The van der Waals surface area contributed by atoms with Gasteiger partial charge in [-0.1, -0.05) is 27.4 Å². The molecule has 0 aromatic carbocycles. The van der Waals surface area contributed by atoms with E-state index in [1.165, 1.54) is 6.26 Å². The van der Waals surface area contributed by atoms with Crippen molar-refractivity contribution in [1.82, 2.24) is 9.88 Å². The summed E-state index contributed by atoms with van der Waals surface area (Å²) in [6.07, 6.45) is 6.50. The van der Waals surface area contributed by atoms with Gasteiger partial charge in [0.1, 0.15) is 18.1 Å². The highest BCUT2D eigenvalue weighted by atomic mass is 16.5. The predicted molar refractivity (Wildman–Crippen MR) is 106 cm³/mol. The second kappa shape index (κ2) is 9.39. The van der Waals surface area contributed by atoms with E-state index in [1.54, 1.807) is 43.3 Å². The predicted octanol–water partition coefficient (Wildman–Crippen LogP) is 2.79. The molecule has 1 amide bonds. The average molecular weight is 387 g/mol. The third-order valence-electron chi connectivity index (χ3n) is 5.06. The van der Waals surface area contributed by atoms with Gasteiger partial charge in [0.25, 0.3) is 5.91 Å². The lowest BCUT2D eigenvalue weighted by Crippen LogP contribution is -2.46. The number of hydrogen-bond donors (Lipinski definition) is 1. The van der Waals surface area contributed by atoms with Crippen molar-refractivity contribution in [3.05, 3.63) is 48.8 Å². The van der Waals surface area contributed by atoms with Crippen LogP contribution in [0.5, 0.6) is 5.75 Å². The van der Waals surface area contributed by atoms with Crippen molar-refractivity contribution < 1.29 is 19.1 Å². The SMILES string of the molecule is C=CO/C(=C(\N)COc1cccnc1)[C@@H]1CCCN1C(=O)C(=O)C(C)(C)CC. The lowest BCUT2D eigenvalue weighted by Gasteiger charge is -2.29. The molecular formula is C21H29N3O4. The van der Waals surface area contributed by atoms with Gasteiger partial charge in [0.15, 0.2) is 0 Å². The number of ketones is 1. The second-order valence-electron chi connectivity index (χ2n) is 7.37. The van der Waals surface area contributed by atoms with E-state index in [2.05, 4.69) is 11.6 Å². The Kier molecular flexibility index (Phi) is 7.20. The van der Waals surface area contributed by atoms with Crippen molar-refractivity contribution in [2.24, 2.45) is 11.1 Å². The van der Waals surface area contributed by atoms with Crippen LogP contribution in [-0.2, 0) is 14.3 Å². The molecule has 28 heavy (non-hydrogen) atoms. The van der Waals surface area contributed by atoms with Gasteiger partial charge >= 0.3 is 0 Å². The van der Waals surface area contributed by atoms with Crippen molar-refractivity contribution >= 4 is 11.7 Å². The molecule has 2 N–H and O–H groups in total. The van der Waals surface area contributed by atoms with Crippen LogP contribution in [0.25, 0.3) is 0 Å². The molecule has 1 atom stereocenters. The number of rotatable bonds is 9. The molecule has 0 radical (unpaired) electrons. The quantitative estimate of drug-likeness (QED) is 0.517. The molecule has 0 spiro atoms. The maximum absolute atomic E-state index is 12.9. The molecule has 2 rings (SSSR count). The van der Waals surface area contributed by atoms with Crippen LogP contribution in [0.15, 0.2) is 48.8 Å². The fourth-order valence-corrected chi connectivity index (χ4v) is 2.99. The van der Waals surface area contributed by atoms with Gasteiger partial charge in [-0.15, -0.1) is 0 Å². The standard InChI is InChI=1S/C21H29N3O4/c1-5-21(3,4)19(25)20(26)24-12-8-10-17(24)18(27-6-2)16(22)14-28-15-9-7-11-23-13-15/h6-7,9,11,13,17H,2,5,8,10,12,14,22H2,1,3-4H3/b18-16-/t17-/m0/s1. The second-order valence-corrected chi connectivity index (χ2v) is 7.37. The minimum Gasteiger partial charge on any atom is -0.486 e. The Balaban J connectivity index is 2.21. The van der Waals surface area contributed by atoms with Gasteiger partial charge in [-0.2, -0.15) is 0 Å². The Morgan fingerprint density at radius 1 is 1.46 bits per heavy atom. The first-order valence-electron chi connectivity index (χ1n) is 9.46. The van der Waals surface area contributed by atoms with Crippen molar-refractivity contribution in [1.29, 1.82) is 0 Å². The normalized spacial score (nSPS) is 17.7. The van der Waals surface area contributed by atoms with Crippen LogP contribution in [0.2, 0.25) is 0 Å². The van der Waals surface area contributed by atoms with Crippen molar-refractivity contribution in [2.75, 3.05) is 13.2 Å². The third-order valence-corrected chi connectivity index (χ3v) is 5.06. The van der Waals surface area contributed by atoms with Gasteiger partial charge in [-0.05, 0) is 31.4 Å². The highest BCUT2D eigenvalue weighted by molar-refractivity contribution is 6.38. The Morgan fingerprint density at radius 3 is 2.82 bits per heavy atom. The van der Waals surface area contributed by atoms with Crippen LogP contribution in [0.3, 0.4) is 0 Å². The number of carbonyl (C=O) groups excluding carboxylic acids is 2. The van der Waals surface area contributed by atoms with E-state index < -0.39 is 23.1 Å². The van der Waals surface area contributed by atoms with Crippen LogP contribution < -0.4 is 10.5 Å². The molecule has 1 aromatic heterocycles. The number of hydrogen-bond acceptors (Lipinski definition) is 6. The maximum Gasteiger partial charge on any atom is 0.291 e. The average Bonchev–Trinajstić information content (AvgIpc) is 3.19. The van der Waals surface area contributed by atoms with E-state index in [4.69, 9.17) is 15.2 Å². The number of pyridine rings is 1. The first kappa shape index (κ1) is 21.5. The van der Waals surface area contributed by atoms with Gasteiger partial charge in [0.2, 0.25) is 5.78 Å². The largest absolute Gasteiger partial charge is 0.486 e. The summed E-state index contributed by atoms with van der Waals surface area (Å²) in [5, 5.41) is 0. The molecule has 0 aliphatic carbocycles. The number of carbonyl (C=O) groups is 2. The highest BCUT2D eigenvalue weighted by Gasteiger charge is 2.41. The van der Waals surface area contributed by atoms with Crippen LogP contribution in [0, 0.1) is 5.41 Å². The summed E-state index contributed by atoms with van der Waals surface area (Å²) in [6, 6.07) is 3.11. The Bertz CT molecular complexity index is 743. The van der Waals surface area contributed by atoms with Crippen molar-refractivity contribution in [3.8, 4) is 5.75 Å². The molecule has 0 saturated carbocycles. The summed E-state index contributed by atoms with van der Waals surface area (Å²) in [4.78, 5) is 31.1. The Morgan fingerprint density at radius 2 is 2.21 bits per heavy atom. The van der Waals surface area contributed by atoms with E-state index in [0.29, 0.717) is 36.6 Å². The molecule has 1 saturated heterocycles. The summed E-state index contributed by atoms with van der Waals surface area (Å²) in [7, 11) is 0. The molecule has 1 aromatic rings. The zero-order chi connectivity index (χ0) is 20.7. The van der Waals surface area contributed by atoms with E-state index in [1.807, 2.05) is 6.92 Å². The lowest BCUT2D eigenvalue weighted by atomic mass is 9.84. The van der Waals surface area contributed by atoms with Gasteiger partial charge in [-0.25, -0.2) is 0 Å². The summed E-state index contributed by atoms with van der Waals surface area (Å²) in [5.41, 5.74) is 5.86. The van der Waals surface area contributed by atoms with Crippen LogP contribution in [0.1, 0.15) is 40.0 Å². The van der Waals surface area contributed by atoms with Crippen LogP contribution in [-0.4, -0.2) is 40.8 Å². The monoisotopic (exact) mass is 387 g/mol. The topological polar surface area (TPSA) is 94.8 Å². The summed E-state index contributed by atoms with van der Waals surface area (Å²) in [6.45, 7) is 9.61. The summed E-state index contributed by atoms with van der Waals surface area (Å²) < 4.78 is 11.2. The van der Waals surface area contributed by atoms with E-state index in [9.17, 15) is 9.59 Å². The van der Waals surface area contributed by atoms with Crippen LogP contribution >= 0.6 is 0 Å². The summed E-state index contributed by atoms with van der Waals surface area (Å²) in [5.74, 6) is 0.0694. The zero-order valence-corrected chi connectivity index (χ0v) is 16.8. The van der Waals surface area contributed by atoms with Crippen LogP contribution in [0.4, 0.5) is 0 Å². The molecule has 2 heterocycles. The molecule has 0 bridgehead atoms. The molecule has 152 valence electrons.